The number of carbonyl (C=O) groups is 2. The molecule has 0 fully saturated rings. The number of rotatable bonds is 9. The Kier molecular flexibility index (Phi) is 8.39. The molecule has 0 aliphatic rings. The van der Waals surface area contributed by atoms with E-state index < -0.39 is 12.2 Å². The summed E-state index contributed by atoms with van der Waals surface area (Å²) in [5, 5.41) is 6.64. The molecule has 2 rings (SSSR count). The second-order valence-corrected chi connectivity index (χ2v) is 6.23. The quantitative estimate of drug-likeness (QED) is 0.654. The Morgan fingerprint density at radius 3 is 2.04 bits per heavy atom. The van der Waals surface area contributed by atoms with Crippen LogP contribution in [-0.4, -0.2) is 31.9 Å². The van der Waals surface area contributed by atoms with E-state index >= 15 is 0 Å². The van der Waals surface area contributed by atoms with E-state index in [2.05, 4.69) is 10.6 Å². The first kappa shape index (κ1) is 21.3. The van der Waals surface area contributed by atoms with E-state index in [1.54, 1.807) is 18.2 Å². The second-order valence-electron chi connectivity index (χ2n) is 6.23. The van der Waals surface area contributed by atoms with Crippen molar-refractivity contribution in [3.63, 3.8) is 0 Å². The van der Waals surface area contributed by atoms with Crippen LogP contribution >= 0.6 is 0 Å². The van der Waals surface area contributed by atoms with Crippen molar-refractivity contribution in [2.45, 2.75) is 40.0 Å². The molecule has 2 aromatic rings. The normalized spacial score (nSPS) is 10.4. The van der Waals surface area contributed by atoms with Crippen molar-refractivity contribution in [1.29, 1.82) is 0 Å². The number of hydrogen-bond acceptors (Lipinski definition) is 5. The molecular weight excluding hydrogens is 360 g/mol. The summed E-state index contributed by atoms with van der Waals surface area (Å²) in [5.74, 6) is 1.00. The van der Waals surface area contributed by atoms with Gasteiger partial charge >= 0.3 is 12.2 Å². The average molecular weight is 388 g/mol. The lowest BCUT2D eigenvalue weighted by Crippen LogP contribution is -2.28. The van der Waals surface area contributed by atoms with Crippen LogP contribution in [0.5, 0.6) is 17.2 Å². The van der Waals surface area contributed by atoms with E-state index in [-0.39, 0.29) is 0 Å². The fourth-order valence-corrected chi connectivity index (χ4v) is 2.52. The number of benzene rings is 2. The van der Waals surface area contributed by atoms with Crippen LogP contribution in [-0.2, 0) is 0 Å². The van der Waals surface area contributed by atoms with Gasteiger partial charge in [0.15, 0.2) is 11.5 Å². The van der Waals surface area contributed by atoms with Crippen molar-refractivity contribution < 1.29 is 23.8 Å². The van der Waals surface area contributed by atoms with Gasteiger partial charge in [0.05, 0.1) is 6.61 Å². The molecule has 0 aromatic heterocycles. The minimum atomic E-state index is -0.553. The Hall–Kier alpha value is -2.96. The monoisotopic (exact) mass is 388 g/mol. The third kappa shape index (κ3) is 5.77. The summed E-state index contributed by atoms with van der Waals surface area (Å²) < 4.78 is 16.8. The Balaban J connectivity index is 2.44. The smallest absolute Gasteiger partial charge is 0.412 e. The van der Waals surface area contributed by atoms with Gasteiger partial charge in [-0.05, 0) is 19.3 Å². The van der Waals surface area contributed by atoms with Gasteiger partial charge < -0.3 is 24.8 Å². The Morgan fingerprint density at radius 2 is 1.43 bits per heavy atom. The number of amides is 2. The van der Waals surface area contributed by atoms with E-state index in [1.807, 2.05) is 32.9 Å². The summed E-state index contributed by atoms with van der Waals surface area (Å²) >= 11 is 0. The molecule has 2 amide bonds. The van der Waals surface area contributed by atoms with Gasteiger partial charge in [-0.1, -0.05) is 45.0 Å². The zero-order valence-electron chi connectivity index (χ0n) is 16.7. The van der Waals surface area contributed by atoms with Gasteiger partial charge in [-0.15, -0.1) is 0 Å². The maximum absolute atomic E-state index is 12.1. The molecule has 0 aliphatic heterocycles. The minimum absolute atomic E-state index is 0.305. The van der Waals surface area contributed by atoms with Crippen LogP contribution in [0, 0.1) is 0 Å². The van der Waals surface area contributed by atoms with Gasteiger partial charge in [0.1, 0.15) is 5.75 Å². The molecule has 152 valence electrons. The van der Waals surface area contributed by atoms with Gasteiger partial charge in [-0.3, -0.25) is 0 Å². The van der Waals surface area contributed by atoms with Crippen LogP contribution in [0.2, 0.25) is 0 Å². The molecule has 2 N–H and O–H groups in total. The maximum Gasteiger partial charge on any atom is 0.412 e. The van der Waals surface area contributed by atoms with Crippen molar-refractivity contribution in [2.75, 3.05) is 19.7 Å². The number of hydrogen-bond donors (Lipinski definition) is 2. The third-order valence-corrected chi connectivity index (χ3v) is 3.82. The number of fused-ring (bicyclic) bond motifs is 1. The van der Waals surface area contributed by atoms with E-state index in [0.29, 0.717) is 47.7 Å². The molecule has 0 saturated heterocycles. The van der Waals surface area contributed by atoms with Gasteiger partial charge in [0, 0.05) is 29.9 Å². The average Bonchev–Trinajstić information content (AvgIpc) is 2.71. The molecule has 7 nitrogen and oxygen atoms in total. The van der Waals surface area contributed by atoms with E-state index in [0.717, 1.165) is 19.3 Å². The summed E-state index contributed by atoms with van der Waals surface area (Å²) in [5.41, 5.74) is 0. The van der Waals surface area contributed by atoms with Crippen LogP contribution in [0.1, 0.15) is 40.0 Å². The minimum Gasteiger partial charge on any atom is -0.490 e. The van der Waals surface area contributed by atoms with Crippen molar-refractivity contribution in [3.05, 3.63) is 30.3 Å². The fraction of sp³-hybridized carbons (Fsp3) is 0.429. The number of nitrogens with one attached hydrogen (secondary N) is 2. The van der Waals surface area contributed by atoms with Crippen LogP contribution in [0.25, 0.3) is 10.8 Å². The van der Waals surface area contributed by atoms with Crippen molar-refractivity contribution in [3.8, 4) is 17.2 Å². The molecule has 0 atom stereocenters. The molecule has 0 bridgehead atoms. The van der Waals surface area contributed by atoms with Crippen LogP contribution in [0.4, 0.5) is 9.59 Å². The van der Waals surface area contributed by atoms with E-state index in [4.69, 9.17) is 14.2 Å². The largest absolute Gasteiger partial charge is 0.490 e. The number of carbonyl (C=O) groups excluding carboxylic acids is 2. The first-order chi connectivity index (χ1) is 13.6. The van der Waals surface area contributed by atoms with E-state index in [1.165, 1.54) is 0 Å². The van der Waals surface area contributed by atoms with Crippen LogP contribution in [0.3, 0.4) is 0 Å². The molecule has 0 spiro atoms. The topological polar surface area (TPSA) is 85.9 Å². The molecule has 0 heterocycles. The number of ether oxygens (including phenoxy) is 3. The summed E-state index contributed by atoms with van der Waals surface area (Å²) in [4.78, 5) is 24.2. The highest BCUT2D eigenvalue weighted by molar-refractivity contribution is 5.98. The van der Waals surface area contributed by atoms with Gasteiger partial charge in [-0.25, -0.2) is 9.59 Å². The van der Waals surface area contributed by atoms with Gasteiger partial charge in [-0.2, -0.15) is 0 Å². The molecule has 28 heavy (non-hydrogen) atoms. The molecule has 0 aliphatic carbocycles. The highest BCUT2D eigenvalue weighted by Gasteiger charge is 2.19. The lowest BCUT2D eigenvalue weighted by atomic mass is 10.1. The molecule has 0 radical (unpaired) electrons. The van der Waals surface area contributed by atoms with Crippen LogP contribution in [0.15, 0.2) is 30.3 Å². The molecule has 7 heteroatoms. The van der Waals surface area contributed by atoms with Gasteiger partial charge in [0.2, 0.25) is 0 Å². The first-order valence-electron chi connectivity index (χ1n) is 9.70. The lowest BCUT2D eigenvalue weighted by molar-refractivity contribution is 0.196. The SMILES string of the molecule is CCCNC(=O)Oc1cc(OCCC)c(OC(=O)NCCC)c2ccccc12. The maximum atomic E-state index is 12.1. The molecular formula is C21H28N2O5. The molecule has 0 unspecified atom stereocenters. The highest BCUT2D eigenvalue weighted by Crippen LogP contribution is 2.42. The lowest BCUT2D eigenvalue weighted by Gasteiger charge is -2.17. The summed E-state index contributed by atoms with van der Waals surface area (Å²) in [6, 6.07) is 8.84. The van der Waals surface area contributed by atoms with Crippen molar-refractivity contribution in [1.82, 2.24) is 10.6 Å². The zero-order chi connectivity index (χ0) is 20.4. The molecule has 2 aromatic carbocycles. The van der Waals surface area contributed by atoms with E-state index in [9.17, 15) is 9.59 Å². The molecule has 0 saturated carbocycles. The summed E-state index contributed by atoms with van der Waals surface area (Å²) in [6.45, 7) is 7.37. The zero-order valence-corrected chi connectivity index (χ0v) is 16.7. The third-order valence-electron chi connectivity index (χ3n) is 3.82. The fourth-order valence-electron chi connectivity index (χ4n) is 2.52. The second kappa shape index (κ2) is 11.0. The Labute approximate surface area is 165 Å². The highest BCUT2D eigenvalue weighted by atomic mass is 16.6. The van der Waals surface area contributed by atoms with Crippen molar-refractivity contribution in [2.24, 2.45) is 0 Å². The standard InChI is InChI=1S/C21H28N2O5/c1-4-11-22-20(24)27-17-14-18(26-13-6-3)19(28-21(25)23-12-5-2)16-10-8-7-9-15(16)17/h7-10,14H,4-6,11-13H2,1-3H3,(H,22,24)(H,23,25). The predicted octanol–water partition coefficient (Wildman–Crippen LogP) is 4.63. The Morgan fingerprint density at radius 1 is 0.821 bits per heavy atom. The first-order valence-corrected chi connectivity index (χ1v) is 9.70. The van der Waals surface area contributed by atoms with Gasteiger partial charge in [0.25, 0.3) is 0 Å². The Bertz CT molecular complexity index is 807. The van der Waals surface area contributed by atoms with Crippen LogP contribution < -0.4 is 24.8 Å². The summed E-state index contributed by atoms with van der Waals surface area (Å²) in [6.07, 6.45) is 1.29. The van der Waals surface area contributed by atoms with Crippen molar-refractivity contribution >= 4 is 23.0 Å². The summed E-state index contributed by atoms with van der Waals surface area (Å²) in [7, 11) is 0. The predicted molar refractivity (Wildman–Crippen MR) is 108 cm³/mol.